The van der Waals surface area contributed by atoms with Crippen LogP contribution in [0.25, 0.3) is 10.8 Å². The third-order valence-electron chi connectivity index (χ3n) is 6.30. The van der Waals surface area contributed by atoms with Gasteiger partial charge in [0.1, 0.15) is 11.5 Å². The number of halogens is 2. The summed E-state index contributed by atoms with van der Waals surface area (Å²) in [6, 6.07) is 10.7. The highest BCUT2D eigenvalue weighted by Crippen LogP contribution is 2.33. The smallest absolute Gasteiger partial charge is 0.311 e. The Labute approximate surface area is 235 Å². The van der Waals surface area contributed by atoms with Gasteiger partial charge in [-0.1, -0.05) is 75.6 Å². The highest BCUT2D eigenvalue weighted by Gasteiger charge is 2.13. The third-order valence-corrected chi connectivity index (χ3v) is 6.68. The highest BCUT2D eigenvalue weighted by atomic mass is 35.5. The number of hydrogen-bond donors (Lipinski definition) is 0. The fourth-order valence-electron chi connectivity index (χ4n) is 4.26. The number of fused-ring (bicyclic) bond motifs is 1. The van der Waals surface area contributed by atoms with Crippen molar-refractivity contribution in [1.29, 1.82) is 0 Å². The van der Waals surface area contributed by atoms with Gasteiger partial charge in [0.2, 0.25) is 10.5 Å². The van der Waals surface area contributed by atoms with Crippen molar-refractivity contribution < 1.29 is 28.7 Å². The van der Waals surface area contributed by atoms with Gasteiger partial charge in [-0.05, 0) is 61.0 Å². The van der Waals surface area contributed by atoms with Gasteiger partial charge in [0, 0.05) is 36.5 Å². The van der Waals surface area contributed by atoms with Crippen LogP contribution in [-0.2, 0) is 19.2 Å². The van der Waals surface area contributed by atoms with Gasteiger partial charge in [0.25, 0.3) is 0 Å². The van der Waals surface area contributed by atoms with Crippen LogP contribution in [0.4, 0.5) is 0 Å². The van der Waals surface area contributed by atoms with Crippen LogP contribution < -0.4 is 9.47 Å². The van der Waals surface area contributed by atoms with Crippen molar-refractivity contribution in [3.8, 4) is 11.5 Å². The summed E-state index contributed by atoms with van der Waals surface area (Å²) in [4.78, 5) is 46.3. The number of unbranched alkanes of at least 4 members (excludes halogenated alkanes) is 10. The van der Waals surface area contributed by atoms with Gasteiger partial charge < -0.3 is 9.47 Å². The van der Waals surface area contributed by atoms with Crippen LogP contribution in [-0.4, -0.2) is 22.4 Å². The lowest BCUT2D eigenvalue weighted by atomic mass is 10.1. The average molecular weight is 566 g/mol. The second kappa shape index (κ2) is 18.8. The van der Waals surface area contributed by atoms with E-state index in [4.69, 9.17) is 32.7 Å². The molecule has 208 valence electrons. The molecule has 0 N–H and O–H groups in total. The molecule has 6 nitrogen and oxygen atoms in total. The van der Waals surface area contributed by atoms with Crippen molar-refractivity contribution in [3.63, 3.8) is 0 Å². The molecule has 0 radical (unpaired) electrons. The minimum Gasteiger partial charge on any atom is -0.426 e. The number of ether oxygens (including phenoxy) is 2. The normalized spacial score (nSPS) is 10.9. The molecule has 0 aliphatic heterocycles. The van der Waals surface area contributed by atoms with E-state index in [-0.39, 0.29) is 22.4 Å². The number of carbonyl (C=O) groups is 4. The van der Waals surface area contributed by atoms with Crippen LogP contribution in [0.15, 0.2) is 36.4 Å². The molecule has 0 fully saturated rings. The van der Waals surface area contributed by atoms with Crippen molar-refractivity contribution in [2.24, 2.45) is 0 Å². The second-order valence-corrected chi connectivity index (χ2v) is 10.4. The predicted molar refractivity (Wildman–Crippen MR) is 151 cm³/mol. The fourth-order valence-corrected chi connectivity index (χ4v) is 4.53. The van der Waals surface area contributed by atoms with E-state index in [1.54, 1.807) is 24.3 Å². The standard InChI is InChI=1S/C30H38Cl2O6/c31-27(33)19-9-5-1-3-7-11-21-29(35)37-25-17-13-16-24-23(25)15-14-18-26(24)38-30(36)22-12-8-4-2-6-10-20-28(32)34/h13-18H,1-12,19-22H2. The fraction of sp³-hybridized carbons (Fsp3) is 0.533. The van der Waals surface area contributed by atoms with Crippen LogP contribution in [0.1, 0.15) is 103 Å². The number of rotatable bonds is 20. The van der Waals surface area contributed by atoms with Crippen molar-refractivity contribution in [2.75, 3.05) is 0 Å². The molecule has 0 unspecified atom stereocenters. The molecule has 0 amide bonds. The van der Waals surface area contributed by atoms with Gasteiger partial charge in [0.15, 0.2) is 0 Å². The molecular weight excluding hydrogens is 527 g/mol. The monoisotopic (exact) mass is 564 g/mol. The highest BCUT2D eigenvalue weighted by molar-refractivity contribution is 6.63. The maximum absolute atomic E-state index is 12.4. The van der Waals surface area contributed by atoms with E-state index in [0.29, 0.717) is 37.2 Å². The van der Waals surface area contributed by atoms with Gasteiger partial charge in [0.05, 0.1) is 0 Å². The Balaban J connectivity index is 1.74. The Kier molecular flexibility index (Phi) is 15.7. The molecule has 0 atom stereocenters. The summed E-state index contributed by atoms with van der Waals surface area (Å²) in [5.74, 6) is 0.322. The minimum absolute atomic E-state index is 0.288. The predicted octanol–water partition coefficient (Wildman–Crippen LogP) is 8.42. The molecule has 2 rings (SSSR count). The van der Waals surface area contributed by atoms with E-state index in [1.807, 2.05) is 12.1 Å². The number of carbonyl (C=O) groups excluding carboxylic acids is 4. The summed E-state index contributed by atoms with van der Waals surface area (Å²) in [6.07, 6.45) is 12.4. The van der Waals surface area contributed by atoms with Crippen LogP contribution in [0.2, 0.25) is 0 Å². The zero-order chi connectivity index (χ0) is 27.6. The summed E-state index contributed by atoms with van der Waals surface area (Å²) < 4.78 is 11.3. The van der Waals surface area contributed by atoms with Gasteiger partial charge in [-0.25, -0.2) is 0 Å². The molecule has 2 aromatic carbocycles. The van der Waals surface area contributed by atoms with E-state index < -0.39 is 0 Å². The molecule has 0 aliphatic rings. The molecule has 2 aromatic rings. The van der Waals surface area contributed by atoms with Gasteiger partial charge >= 0.3 is 11.9 Å². The van der Waals surface area contributed by atoms with E-state index in [0.717, 1.165) is 87.8 Å². The largest absolute Gasteiger partial charge is 0.426 e. The van der Waals surface area contributed by atoms with Gasteiger partial charge in [-0.2, -0.15) is 0 Å². The van der Waals surface area contributed by atoms with Gasteiger partial charge in [-0.15, -0.1) is 0 Å². The maximum Gasteiger partial charge on any atom is 0.311 e. The van der Waals surface area contributed by atoms with Crippen molar-refractivity contribution in [1.82, 2.24) is 0 Å². The third kappa shape index (κ3) is 13.4. The number of benzene rings is 2. The van der Waals surface area contributed by atoms with Crippen LogP contribution in [0.5, 0.6) is 11.5 Å². The first-order chi connectivity index (χ1) is 18.4. The van der Waals surface area contributed by atoms with Crippen molar-refractivity contribution in [2.45, 2.75) is 103 Å². The van der Waals surface area contributed by atoms with E-state index >= 15 is 0 Å². The molecule has 8 heteroatoms. The Morgan fingerprint density at radius 3 is 1.13 bits per heavy atom. The minimum atomic E-state index is -0.290. The lowest BCUT2D eigenvalue weighted by molar-refractivity contribution is -0.135. The Morgan fingerprint density at radius 1 is 0.474 bits per heavy atom. The van der Waals surface area contributed by atoms with Crippen LogP contribution >= 0.6 is 23.2 Å². The van der Waals surface area contributed by atoms with E-state index in [2.05, 4.69) is 0 Å². The van der Waals surface area contributed by atoms with Crippen LogP contribution in [0, 0.1) is 0 Å². The lowest BCUT2D eigenvalue weighted by Gasteiger charge is -2.11. The molecule has 0 aromatic heterocycles. The number of esters is 2. The topological polar surface area (TPSA) is 86.7 Å². The molecule has 0 saturated carbocycles. The summed E-state index contributed by atoms with van der Waals surface area (Å²) in [7, 11) is 0. The molecule has 38 heavy (non-hydrogen) atoms. The lowest BCUT2D eigenvalue weighted by Crippen LogP contribution is -2.09. The Hall–Kier alpha value is -2.44. The van der Waals surface area contributed by atoms with Crippen molar-refractivity contribution in [3.05, 3.63) is 36.4 Å². The summed E-state index contributed by atoms with van der Waals surface area (Å²) in [6.45, 7) is 0. The Bertz CT molecular complexity index is 969. The molecule has 0 aliphatic carbocycles. The maximum atomic E-state index is 12.4. The van der Waals surface area contributed by atoms with Crippen molar-refractivity contribution >= 4 is 56.4 Å². The first-order valence-electron chi connectivity index (χ1n) is 13.7. The van der Waals surface area contributed by atoms with E-state index in [9.17, 15) is 19.2 Å². The molecular formula is C30H38Cl2O6. The number of hydrogen-bond acceptors (Lipinski definition) is 6. The summed E-state index contributed by atoms with van der Waals surface area (Å²) >= 11 is 10.7. The first-order valence-corrected chi connectivity index (χ1v) is 14.4. The SMILES string of the molecule is O=C(Cl)CCCCCCCCC(=O)Oc1cccc2c(OC(=O)CCCCCCCCC(=O)Cl)cccc12. The van der Waals surface area contributed by atoms with Crippen LogP contribution in [0.3, 0.4) is 0 Å². The molecule has 0 heterocycles. The zero-order valence-corrected chi connectivity index (χ0v) is 23.5. The first kappa shape index (κ1) is 31.8. The summed E-state index contributed by atoms with van der Waals surface area (Å²) in [5.41, 5.74) is 0. The quantitative estimate of drug-likeness (QED) is 0.0693. The summed E-state index contributed by atoms with van der Waals surface area (Å²) in [5, 5.41) is 0.860. The second-order valence-electron chi connectivity index (χ2n) is 9.51. The molecule has 0 spiro atoms. The molecule has 0 bridgehead atoms. The average Bonchev–Trinajstić information content (AvgIpc) is 2.87. The molecule has 0 saturated heterocycles. The van der Waals surface area contributed by atoms with E-state index in [1.165, 1.54) is 0 Å². The zero-order valence-electron chi connectivity index (χ0n) is 22.0. The van der Waals surface area contributed by atoms with Gasteiger partial charge in [-0.3, -0.25) is 19.2 Å². The Morgan fingerprint density at radius 2 is 0.789 bits per heavy atom.